The number of nitrogen functional groups attached to an aromatic ring is 1. The van der Waals surface area contributed by atoms with E-state index in [1.165, 1.54) is 0 Å². The maximum absolute atomic E-state index is 12.2. The van der Waals surface area contributed by atoms with Gasteiger partial charge in [0.2, 0.25) is 5.91 Å². The number of amides is 1. The van der Waals surface area contributed by atoms with Gasteiger partial charge in [0, 0.05) is 45.7 Å². The van der Waals surface area contributed by atoms with Crippen molar-refractivity contribution in [2.45, 2.75) is 6.42 Å². The van der Waals surface area contributed by atoms with Gasteiger partial charge in [-0.3, -0.25) is 4.79 Å². The second kappa shape index (κ2) is 9.96. The van der Waals surface area contributed by atoms with E-state index in [4.69, 9.17) is 15.2 Å². The lowest BCUT2D eigenvalue weighted by molar-refractivity contribution is -0.126. The maximum Gasteiger partial charge on any atom is 0.246 e. The fourth-order valence-electron chi connectivity index (χ4n) is 1.81. The molecular formula is C16H24N2O3. The van der Waals surface area contributed by atoms with Crippen molar-refractivity contribution in [1.29, 1.82) is 0 Å². The SMILES string of the molecule is COCCCN(CCOC)C(=O)/C=C/c1ccc(N)cc1. The molecule has 2 N–H and O–H groups in total. The molecule has 5 nitrogen and oxygen atoms in total. The van der Waals surface area contributed by atoms with Crippen LogP contribution in [-0.4, -0.2) is 51.3 Å². The number of benzene rings is 1. The molecule has 0 aliphatic carbocycles. The van der Waals surface area contributed by atoms with Crippen LogP contribution in [0.2, 0.25) is 0 Å². The van der Waals surface area contributed by atoms with Crippen molar-refractivity contribution in [3.05, 3.63) is 35.9 Å². The summed E-state index contributed by atoms with van der Waals surface area (Å²) >= 11 is 0. The number of rotatable bonds is 9. The number of methoxy groups -OCH3 is 2. The van der Waals surface area contributed by atoms with Gasteiger partial charge in [0.25, 0.3) is 0 Å². The number of nitrogens with two attached hydrogens (primary N) is 1. The van der Waals surface area contributed by atoms with Gasteiger partial charge in [-0.05, 0) is 30.2 Å². The van der Waals surface area contributed by atoms with Crippen molar-refractivity contribution in [1.82, 2.24) is 4.90 Å². The van der Waals surface area contributed by atoms with Gasteiger partial charge in [-0.15, -0.1) is 0 Å². The van der Waals surface area contributed by atoms with Crippen LogP contribution >= 0.6 is 0 Å². The molecule has 1 aromatic rings. The highest BCUT2D eigenvalue weighted by Crippen LogP contribution is 2.07. The smallest absolute Gasteiger partial charge is 0.246 e. The number of carbonyl (C=O) groups excluding carboxylic acids is 1. The Kier molecular flexibility index (Phi) is 8.16. The Bertz CT molecular complexity index is 443. The minimum absolute atomic E-state index is 0.0278. The number of hydrogen-bond donors (Lipinski definition) is 1. The van der Waals surface area contributed by atoms with Gasteiger partial charge < -0.3 is 20.1 Å². The molecule has 0 saturated carbocycles. The Hall–Kier alpha value is -1.85. The van der Waals surface area contributed by atoms with E-state index in [9.17, 15) is 4.79 Å². The zero-order valence-electron chi connectivity index (χ0n) is 12.7. The molecule has 1 rings (SSSR count). The highest BCUT2D eigenvalue weighted by molar-refractivity contribution is 5.91. The Balaban J connectivity index is 2.58. The summed E-state index contributed by atoms with van der Waals surface area (Å²) in [6.07, 6.45) is 4.17. The van der Waals surface area contributed by atoms with Crippen LogP contribution in [0.1, 0.15) is 12.0 Å². The van der Waals surface area contributed by atoms with Gasteiger partial charge in [-0.2, -0.15) is 0 Å². The molecule has 0 fully saturated rings. The van der Waals surface area contributed by atoms with Gasteiger partial charge in [-0.25, -0.2) is 0 Å². The summed E-state index contributed by atoms with van der Waals surface area (Å²) in [7, 11) is 3.28. The van der Waals surface area contributed by atoms with Crippen LogP contribution in [0.4, 0.5) is 5.69 Å². The molecule has 0 bridgehead atoms. The third kappa shape index (κ3) is 6.92. The monoisotopic (exact) mass is 292 g/mol. The zero-order valence-corrected chi connectivity index (χ0v) is 12.7. The van der Waals surface area contributed by atoms with Gasteiger partial charge in [0.15, 0.2) is 0 Å². The molecular weight excluding hydrogens is 268 g/mol. The van der Waals surface area contributed by atoms with Crippen LogP contribution < -0.4 is 5.73 Å². The predicted molar refractivity (Wildman–Crippen MR) is 84.8 cm³/mol. The van der Waals surface area contributed by atoms with E-state index in [2.05, 4.69) is 0 Å². The van der Waals surface area contributed by atoms with Crippen molar-refractivity contribution < 1.29 is 14.3 Å². The van der Waals surface area contributed by atoms with E-state index in [-0.39, 0.29) is 5.91 Å². The first kappa shape index (κ1) is 17.2. The number of anilines is 1. The van der Waals surface area contributed by atoms with Gasteiger partial charge in [0.05, 0.1) is 6.61 Å². The lowest BCUT2D eigenvalue weighted by atomic mass is 10.2. The summed E-state index contributed by atoms with van der Waals surface area (Å²) in [5.74, 6) is -0.0278. The van der Waals surface area contributed by atoms with Crippen LogP contribution in [0.3, 0.4) is 0 Å². The standard InChI is InChI=1S/C16H24N2O3/c1-20-12-3-10-18(11-13-21-2)16(19)9-6-14-4-7-15(17)8-5-14/h4-9H,3,10-13,17H2,1-2H3/b9-6+. The van der Waals surface area contributed by atoms with E-state index in [0.717, 1.165) is 12.0 Å². The van der Waals surface area contributed by atoms with Crippen LogP contribution in [0.5, 0.6) is 0 Å². The second-order valence-corrected chi connectivity index (χ2v) is 4.66. The Morgan fingerprint density at radius 3 is 2.43 bits per heavy atom. The van der Waals surface area contributed by atoms with E-state index < -0.39 is 0 Å². The van der Waals surface area contributed by atoms with Gasteiger partial charge in [-0.1, -0.05) is 12.1 Å². The van der Waals surface area contributed by atoms with Crippen LogP contribution in [0.25, 0.3) is 6.08 Å². The van der Waals surface area contributed by atoms with Crippen molar-refractivity contribution in [3.8, 4) is 0 Å². The number of ether oxygens (including phenoxy) is 2. The molecule has 0 aliphatic rings. The minimum Gasteiger partial charge on any atom is -0.399 e. The van der Waals surface area contributed by atoms with Crippen LogP contribution in [0, 0.1) is 0 Å². The summed E-state index contributed by atoms with van der Waals surface area (Å²) in [4.78, 5) is 14.0. The molecule has 1 amide bonds. The molecule has 0 aromatic heterocycles. The van der Waals surface area contributed by atoms with E-state index in [1.54, 1.807) is 31.3 Å². The lowest BCUT2D eigenvalue weighted by Crippen LogP contribution is -2.34. The van der Waals surface area contributed by atoms with Gasteiger partial charge in [0.1, 0.15) is 0 Å². The summed E-state index contributed by atoms with van der Waals surface area (Å²) in [5.41, 5.74) is 7.28. The van der Waals surface area contributed by atoms with Crippen LogP contribution in [-0.2, 0) is 14.3 Å². The minimum atomic E-state index is -0.0278. The molecule has 0 saturated heterocycles. The summed E-state index contributed by atoms with van der Waals surface area (Å²) in [5, 5.41) is 0. The highest BCUT2D eigenvalue weighted by atomic mass is 16.5. The number of carbonyl (C=O) groups is 1. The van der Waals surface area contributed by atoms with Crippen molar-refractivity contribution in [2.24, 2.45) is 0 Å². The summed E-state index contributed by atoms with van der Waals surface area (Å²) < 4.78 is 10.1. The van der Waals surface area contributed by atoms with E-state index in [0.29, 0.717) is 32.0 Å². The van der Waals surface area contributed by atoms with E-state index in [1.807, 2.05) is 24.3 Å². The molecule has 1 aromatic carbocycles. The molecule has 0 unspecified atom stereocenters. The fraction of sp³-hybridized carbons (Fsp3) is 0.438. The Morgan fingerprint density at radius 1 is 1.14 bits per heavy atom. The Morgan fingerprint density at radius 2 is 1.81 bits per heavy atom. The molecule has 0 radical (unpaired) electrons. The maximum atomic E-state index is 12.2. The highest BCUT2D eigenvalue weighted by Gasteiger charge is 2.09. The first-order chi connectivity index (χ1) is 10.2. The fourth-order valence-corrected chi connectivity index (χ4v) is 1.81. The van der Waals surface area contributed by atoms with Crippen molar-refractivity contribution in [2.75, 3.05) is 46.3 Å². The van der Waals surface area contributed by atoms with Crippen molar-refractivity contribution in [3.63, 3.8) is 0 Å². The number of hydrogen-bond acceptors (Lipinski definition) is 4. The molecule has 0 atom stereocenters. The summed E-state index contributed by atoms with van der Waals surface area (Å²) in [6.45, 7) is 2.39. The second-order valence-electron chi connectivity index (χ2n) is 4.66. The Labute approximate surface area is 126 Å². The van der Waals surface area contributed by atoms with Gasteiger partial charge >= 0.3 is 0 Å². The first-order valence-electron chi connectivity index (χ1n) is 6.97. The predicted octanol–water partition coefficient (Wildman–Crippen LogP) is 1.79. The molecule has 21 heavy (non-hydrogen) atoms. The lowest BCUT2D eigenvalue weighted by Gasteiger charge is -2.20. The topological polar surface area (TPSA) is 64.8 Å². The third-order valence-electron chi connectivity index (χ3n) is 3.01. The average Bonchev–Trinajstić information content (AvgIpc) is 2.50. The quantitative estimate of drug-likeness (QED) is 0.428. The zero-order chi connectivity index (χ0) is 15.5. The third-order valence-corrected chi connectivity index (χ3v) is 3.01. The molecule has 0 aliphatic heterocycles. The molecule has 116 valence electrons. The van der Waals surface area contributed by atoms with Crippen LogP contribution in [0.15, 0.2) is 30.3 Å². The average molecular weight is 292 g/mol. The molecule has 0 heterocycles. The molecule has 5 heteroatoms. The summed E-state index contributed by atoms with van der Waals surface area (Å²) in [6, 6.07) is 7.38. The first-order valence-corrected chi connectivity index (χ1v) is 6.97. The van der Waals surface area contributed by atoms with Crippen molar-refractivity contribution >= 4 is 17.7 Å². The van der Waals surface area contributed by atoms with E-state index >= 15 is 0 Å². The number of nitrogens with zero attached hydrogens (tertiary/aromatic N) is 1. The largest absolute Gasteiger partial charge is 0.399 e. The normalized spacial score (nSPS) is 11.0. The molecule has 0 spiro atoms.